The van der Waals surface area contributed by atoms with Crippen LogP contribution >= 0.6 is 0 Å². The molecule has 1 fully saturated rings. The van der Waals surface area contributed by atoms with Gasteiger partial charge in [0.2, 0.25) is 0 Å². The fraction of sp³-hybridized carbons (Fsp3) is 0.500. The molecule has 1 aliphatic heterocycles. The lowest BCUT2D eigenvalue weighted by Crippen LogP contribution is -2.37. The van der Waals surface area contributed by atoms with Gasteiger partial charge in [0.25, 0.3) is 0 Å². The van der Waals surface area contributed by atoms with Crippen molar-refractivity contribution in [3.8, 4) is 0 Å². The zero-order valence-corrected chi connectivity index (χ0v) is 10.9. The minimum Gasteiger partial charge on any atom is -0.445 e. The van der Waals surface area contributed by atoms with Crippen LogP contribution in [-0.2, 0) is 11.3 Å². The van der Waals surface area contributed by atoms with Crippen molar-refractivity contribution < 1.29 is 14.6 Å². The summed E-state index contributed by atoms with van der Waals surface area (Å²) in [7, 11) is 0. The van der Waals surface area contributed by atoms with Crippen LogP contribution < -0.4 is 5.32 Å². The van der Waals surface area contributed by atoms with Crippen LogP contribution in [0.25, 0.3) is 0 Å². The normalized spacial score (nSPS) is 19.3. The van der Waals surface area contributed by atoms with Gasteiger partial charge in [0, 0.05) is 25.7 Å². The van der Waals surface area contributed by atoms with Crippen LogP contribution in [0.1, 0.15) is 12.0 Å². The third-order valence-electron chi connectivity index (χ3n) is 3.22. The number of nitrogens with one attached hydrogen (secondary N) is 1. The monoisotopic (exact) mass is 264 g/mol. The van der Waals surface area contributed by atoms with Crippen molar-refractivity contribution in [3.63, 3.8) is 0 Å². The number of carbonyl (C=O) groups is 1. The van der Waals surface area contributed by atoms with E-state index in [0.717, 1.165) is 25.1 Å². The van der Waals surface area contributed by atoms with Gasteiger partial charge in [-0.15, -0.1) is 0 Å². The molecule has 1 aliphatic rings. The molecule has 1 saturated heterocycles. The highest BCUT2D eigenvalue weighted by Gasteiger charge is 2.23. The predicted octanol–water partition coefficient (Wildman–Crippen LogP) is 0.979. The minimum absolute atomic E-state index is 0.120. The van der Waals surface area contributed by atoms with E-state index in [1.165, 1.54) is 0 Å². The molecule has 19 heavy (non-hydrogen) atoms. The lowest BCUT2D eigenvalue weighted by atomic mass is 10.2. The Morgan fingerprint density at radius 1 is 1.42 bits per heavy atom. The van der Waals surface area contributed by atoms with Crippen molar-refractivity contribution in [2.75, 3.05) is 26.2 Å². The number of hydrogen-bond acceptors (Lipinski definition) is 4. The molecule has 2 rings (SSSR count). The number of ether oxygens (including phenoxy) is 1. The molecule has 0 bridgehead atoms. The van der Waals surface area contributed by atoms with E-state index in [0.29, 0.717) is 13.2 Å². The number of aliphatic hydroxyl groups excluding tert-OH is 1. The van der Waals surface area contributed by atoms with Gasteiger partial charge in [-0.1, -0.05) is 30.3 Å². The van der Waals surface area contributed by atoms with Crippen molar-refractivity contribution in [2.24, 2.45) is 0 Å². The molecule has 0 aliphatic carbocycles. The summed E-state index contributed by atoms with van der Waals surface area (Å²) in [6.07, 6.45) is 0.528. The summed E-state index contributed by atoms with van der Waals surface area (Å²) in [6, 6.07) is 9.73. The van der Waals surface area contributed by atoms with Gasteiger partial charge in [-0.05, 0) is 12.0 Å². The summed E-state index contributed by atoms with van der Waals surface area (Å²) < 4.78 is 5.17. The van der Waals surface area contributed by atoms with Gasteiger partial charge in [0.1, 0.15) is 6.61 Å². The fourth-order valence-electron chi connectivity index (χ4n) is 2.23. The number of carbonyl (C=O) groups excluding carboxylic acids is 1. The molecule has 0 aromatic heterocycles. The number of rotatable bonds is 5. The number of hydrogen-bond donors (Lipinski definition) is 2. The number of amides is 1. The van der Waals surface area contributed by atoms with Gasteiger partial charge in [0.15, 0.2) is 0 Å². The van der Waals surface area contributed by atoms with Gasteiger partial charge in [-0.3, -0.25) is 4.90 Å². The zero-order valence-electron chi connectivity index (χ0n) is 10.9. The van der Waals surface area contributed by atoms with E-state index in [9.17, 15) is 4.79 Å². The Hall–Kier alpha value is -1.59. The molecule has 1 aromatic carbocycles. The standard InChI is InChI=1S/C14H20N2O3/c17-9-8-16-7-6-13(10-16)15-14(18)19-11-12-4-2-1-3-5-12/h1-5,13,17H,6-11H2,(H,15,18). The summed E-state index contributed by atoms with van der Waals surface area (Å²) in [6.45, 7) is 2.80. The highest BCUT2D eigenvalue weighted by molar-refractivity contribution is 5.67. The molecule has 5 heteroatoms. The van der Waals surface area contributed by atoms with E-state index in [2.05, 4.69) is 10.2 Å². The quantitative estimate of drug-likeness (QED) is 0.832. The van der Waals surface area contributed by atoms with Gasteiger partial charge in [0.05, 0.1) is 6.61 Å². The second-order valence-electron chi connectivity index (χ2n) is 4.72. The van der Waals surface area contributed by atoms with Crippen molar-refractivity contribution in [1.82, 2.24) is 10.2 Å². The van der Waals surface area contributed by atoms with Gasteiger partial charge < -0.3 is 15.2 Å². The van der Waals surface area contributed by atoms with Crippen molar-refractivity contribution in [1.29, 1.82) is 0 Å². The van der Waals surface area contributed by atoms with Crippen molar-refractivity contribution in [2.45, 2.75) is 19.1 Å². The van der Waals surface area contributed by atoms with Crippen molar-refractivity contribution >= 4 is 6.09 Å². The Morgan fingerprint density at radius 2 is 2.21 bits per heavy atom. The van der Waals surface area contributed by atoms with Gasteiger partial charge in [-0.2, -0.15) is 0 Å². The molecule has 5 nitrogen and oxygen atoms in total. The Balaban J connectivity index is 1.68. The molecular weight excluding hydrogens is 244 g/mol. The summed E-state index contributed by atoms with van der Waals surface area (Å²) in [5.74, 6) is 0. The predicted molar refractivity (Wildman–Crippen MR) is 71.7 cm³/mol. The molecule has 1 atom stereocenters. The van der Waals surface area contributed by atoms with Crippen molar-refractivity contribution in [3.05, 3.63) is 35.9 Å². The Bertz CT molecular complexity index is 397. The fourth-order valence-corrected chi connectivity index (χ4v) is 2.23. The summed E-state index contributed by atoms with van der Waals surface area (Å²) in [5.41, 5.74) is 0.978. The summed E-state index contributed by atoms with van der Waals surface area (Å²) in [5, 5.41) is 11.7. The summed E-state index contributed by atoms with van der Waals surface area (Å²) >= 11 is 0. The van der Waals surface area contributed by atoms with Crippen LogP contribution in [0.2, 0.25) is 0 Å². The van der Waals surface area contributed by atoms with Gasteiger partial charge in [-0.25, -0.2) is 4.79 Å². The average molecular weight is 264 g/mol. The number of nitrogens with zero attached hydrogens (tertiary/aromatic N) is 1. The van der Waals surface area contributed by atoms with Crippen LogP contribution in [-0.4, -0.2) is 48.4 Å². The van der Waals surface area contributed by atoms with Crippen LogP contribution in [0, 0.1) is 0 Å². The maximum absolute atomic E-state index is 11.6. The number of β-amino-alcohol motifs (C(OH)–C–C–N with tert-alkyl or cyclic N) is 1. The minimum atomic E-state index is -0.375. The molecule has 1 aromatic rings. The maximum Gasteiger partial charge on any atom is 0.407 e. The van der Waals surface area contributed by atoms with E-state index < -0.39 is 0 Å². The summed E-state index contributed by atoms with van der Waals surface area (Å²) in [4.78, 5) is 13.8. The van der Waals surface area contributed by atoms with E-state index in [4.69, 9.17) is 9.84 Å². The number of alkyl carbamates (subject to hydrolysis) is 1. The number of likely N-dealkylation sites (tertiary alicyclic amines) is 1. The average Bonchev–Trinajstić information content (AvgIpc) is 2.85. The van der Waals surface area contributed by atoms with Crippen LogP contribution in [0.3, 0.4) is 0 Å². The molecule has 2 N–H and O–H groups in total. The molecule has 0 spiro atoms. The SMILES string of the molecule is O=C(NC1CCN(CCO)C1)OCc1ccccc1. The third kappa shape index (κ3) is 4.54. The first-order valence-corrected chi connectivity index (χ1v) is 6.58. The lowest BCUT2D eigenvalue weighted by molar-refractivity contribution is 0.135. The number of benzene rings is 1. The molecule has 0 radical (unpaired) electrons. The Morgan fingerprint density at radius 3 is 2.95 bits per heavy atom. The van der Waals surface area contributed by atoms with E-state index >= 15 is 0 Å². The first kappa shape index (κ1) is 13.8. The highest BCUT2D eigenvalue weighted by Crippen LogP contribution is 2.08. The first-order chi connectivity index (χ1) is 9.28. The first-order valence-electron chi connectivity index (χ1n) is 6.58. The smallest absolute Gasteiger partial charge is 0.407 e. The van der Waals surface area contributed by atoms with Crippen LogP contribution in [0.4, 0.5) is 4.79 Å². The van der Waals surface area contributed by atoms with Crippen LogP contribution in [0.5, 0.6) is 0 Å². The second kappa shape index (κ2) is 7.11. The third-order valence-corrected chi connectivity index (χ3v) is 3.22. The zero-order chi connectivity index (χ0) is 13.5. The largest absolute Gasteiger partial charge is 0.445 e. The molecule has 104 valence electrons. The second-order valence-corrected chi connectivity index (χ2v) is 4.72. The van der Waals surface area contributed by atoms with Crippen LogP contribution in [0.15, 0.2) is 30.3 Å². The Kier molecular flexibility index (Phi) is 5.18. The lowest BCUT2D eigenvalue weighted by Gasteiger charge is -2.15. The maximum atomic E-state index is 11.6. The molecular formula is C14H20N2O3. The topological polar surface area (TPSA) is 61.8 Å². The van der Waals surface area contributed by atoms with E-state index in [1.807, 2.05) is 30.3 Å². The molecule has 1 heterocycles. The van der Waals surface area contributed by atoms with Gasteiger partial charge >= 0.3 is 6.09 Å². The molecule has 0 saturated carbocycles. The molecule has 1 amide bonds. The van der Waals surface area contributed by atoms with E-state index in [1.54, 1.807) is 0 Å². The highest BCUT2D eigenvalue weighted by atomic mass is 16.5. The number of aliphatic hydroxyl groups is 1. The molecule has 1 unspecified atom stereocenters. The Labute approximate surface area is 113 Å². The van der Waals surface area contributed by atoms with E-state index in [-0.39, 0.29) is 18.7 Å².